The van der Waals surface area contributed by atoms with Crippen LogP contribution in [0.25, 0.3) is 0 Å². The summed E-state index contributed by atoms with van der Waals surface area (Å²) in [6, 6.07) is 0. The molecule has 0 fully saturated rings. The molecule has 1 rings (SSSR count). The predicted octanol–water partition coefficient (Wildman–Crippen LogP) is 2.58. The van der Waals surface area contributed by atoms with Gasteiger partial charge in [0, 0.05) is 18.1 Å². The number of carbonyl (C=O) groups excluding carboxylic acids is 1. The van der Waals surface area contributed by atoms with Crippen molar-refractivity contribution in [1.82, 2.24) is 9.88 Å². The van der Waals surface area contributed by atoms with Crippen LogP contribution in [0.15, 0.2) is 6.20 Å². The predicted molar refractivity (Wildman–Crippen MR) is 55.7 cm³/mol. The lowest BCUT2D eigenvalue weighted by Crippen LogP contribution is -2.30. The summed E-state index contributed by atoms with van der Waals surface area (Å²) >= 11 is 1.37. The Morgan fingerprint density at radius 2 is 2.24 bits per heavy atom. The molecular formula is C9H11F3N2O2S. The van der Waals surface area contributed by atoms with Crippen LogP contribution in [0.2, 0.25) is 0 Å². The van der Waals surface area contributed by atoms with Crippen LogP contribution < -0.4 is 0 Å². The van der Waals surface area contributed by atoms with Crippen LogP contribution in [0.1, 0.15) is 9.88 Å². The van der Waals surface area contributed by atoms with E-state index in [1.807, 2.05) is 0 Å². The van der Waals surface area contributed by atoms with E-state index in [4.69, 9.17) is 0 Å². The first kappa shape index (κ1) is 13.8. The minimum atomic E-state index is -4.50. The molecule has 0 atom stereocenters. The second-order valence-corrected chi connectivity index (χ2v) is 4.69. The van der Waals surface area contributed by atoms with Gasteiger partial charge in [0.1, 0.15) is 0 Å². The minimum absolute atomic E-state index is 0.183. The van der Waals surface area contributed by atoms with Gasteiger partial charge in [-0.15, -0.1) is 11.3 Å². The molecule has 4 nitrogen and oxygen atoms in total. The fourth-order valence-electron chi connectivity index (χ4n) is 1.03. The maximum Gasteiger partial charge on any atom is 0.422 e. The number of ether oxygens (including phenoxy) is 1. The lowest BCUT2D eigenvalue weighted by atomic mass is 10.5. The molecule has 96 valence electrons. The summed E-state index contributed by atoms with van der Waals surface area (Å²) in [6.07, 6.45) is -3.93. The van der Waals surface area contributed by atoms with Gasteiger partial charge in [-0.2, -0.15) is 13.2 Å². The standard InChI is InChI=1S/C9H11F3N2O2S/c1-6-13-3-7(17-6)4-14(2)8(15)16-5-9(10,11)12/h3H,4-5H2,1-2H3. The molecule has 0 N–H and O–H groups in total. The van der Waals surface area contributed by atoms with E-state index in [0.29, 0.717) is 0 Å². The average Bonchev–Trinajstić information content (AvgIpc) is 2.59. The number of carbonyl (C=O) groups is 1. The molecular weight excluding hydrogens is 257 g/mol. The fraction of sp³-hybridized carbons (Fsp3) is 0.556. The Morgan fingerprint density at radius 1 is 1.59 bits per heavy atom. The number of halogens is 3. The van der Waals surface area contributed by atoms with Gasteiger partial charge in [0.2, 0.25) is 0 Å². The maximum atomic E-state index is 11.8. The number of hydrogen-bond donors (Lipinski definition) is 0. The molecule has 0 unspecified atom stereocenters. The molecule has 0 saturated heterocycles. The second kappa shape index (κ2) is 5.35. The van der Waals surface area contributed by atoms with E-state index < -0.39 is 18.9 Å². The van der Waals surface area contributed by atoms with Crippen molar-refractivity contribution in [2.75, 3.05) is 13.7 Å². The fourth-order valence-corrected chi connectivity index (χ4v) is 1.88. The number of aromatic nitrogens is 1. The Bertz CT molecular complexity index is 392. The number of rotatable bonds is 3. The molecule has 1 amide bonds. The number of hydrogen-bond acceptors (Lipinski definition) is 4. The van der Waals surface area contributed by atoms with Crippen molar-refractivity contribution in [3.05, 3.63) is 16.1 Å². The van der Waals surface area contributed by atoms with Crippen LogP contribution in [0, 0.1) is 6.92 Å². The first-order chi connectivity index (χ1) is 7.78. The topological polar surface area (TPSA) is 42.4 Å². The summed E-state index contributed by atoms with van der Waals surface area (Å²) in [4.78, 5) is 17.0. The zero-order chi connectivity index (χ0) is 13.1. The van der Waals surface area contributed by atoms with E-state index in [2.05, 4.69) is 9.72 Å². The Labute approximate surface area is 100 Å². The van der Waals surface area contributed by atoms with E-state index in [9.17, 15) is 18.0 Å². The highest BCUT2D eigenvalue weighted by Crippen LogP contribution is 2.16. The van der Waals surface area contributed by atoms with E-state index in [-0.39, 0.29) is 6.54 Å². The largest absolute Gasteiger partial charge is 0.440 e. The number of nitrogens with zero attached hydrogens (tertiary/aromatic N) is 2. The van der Waals surface area contributed by atoms with Gasteiger partial charge in [-0.3, -0.25) is 0 Å². The quantitative estimate of drug-likeness (QED) is 0.846. The Morgan fingerprint density at radius 3 is 2.71 bits per heavy atom. The van der Waals surface area contributed by atoms with E-state index >= 15 is 0 Å². The van der Waals surface area contributed by atoms with Crippen LogP contribution in [0.3, 0.4) is 0 Å². The molecule has 0 radical (unpaired) electrons. The lowest BCUT2D eigenvalue weighted by molar-refractivity contribution is -0.162. The Balaban J connectivity index is 2.42. The highest BCUT2D eigenvalue weighted by atomic mass is 32.1. The van der Waals surface area contributed by atoms with Crippen LogP contribution in [0.4, 0.5) is 18.0 Å². The van der Waals surface area contributed by atoms with Gasteiger partial charge >= 0.3 is 12.3 Å². The monoisotopic (exact) mass is 268 g/mol. The van der Waals surface area contributed by atoms with Crippen LogP contribution in [-0.2, 0) is 11.3 Å². The van der Waals surface area contributed by atoms with Crippen molar-refractivity contribution >= 4 is 17.4 Å². The van der Waals surface area contributed by atoms with E-state index in [1.54, 1.807) is 13.1 Å². The second-order valence-electron chi connectivity index (χ2n) is 3.37. The van der Waals surface area contributed by atoms with Crippen molar-refractivity contribution in [3.8, 4) is 0 Å². The summed E-state index contributed by atoms with van der Waals surface area (Å²) in [5.74, 6) is 0. The normalized spacial score (nSPS) is 11.4. The molecule has 1 aromatic rings. The van der Waals surface area contributed by atoms with Gasteiger partial charge in [-0.1, -0.05) is 0 Å². The average molecular weight is 268 g/mol. The number of aryl methyl sites for hydroxylation is 1. The molecule has 1 heterocycles. The maximum absolute atomic E-state index is 11.8. The summed E-state index contributed by atoms with van der Waals surface area (Å²) in [7, 11) is 1.37. The molecule has 1 aromatic heterocycles. The highest BCUT2D eigenvalue weighted by molar-refractivity contribution is 7.11. The van der Waals surface area contributed by atoms with Gasteiger partial charge in [-0.25, -0.2) is 9.78 Å². The highest BCUT2D eigenvalue weighted by Gasteiger charge is 2.30. The van der Waals surface area contributed by atoms with Gasteiger partial charge < -0.3 is 9.64 Å². The first-order valence-corrected chi connectivity index (χ1v) is 5.45. The number of alkyl halides is 3. The zero-order valence-electron chi connectivity index (χ0n) is 9.24. The van der Waals surface area contributed by atoms with Crippen molar-refractivity contribution in [3.63, 3.8) is 0 Å². The van der Waals surface area contributed by atoms with Crippen molar-refractivity contribution < 1.29 is 22.7 Å². The van der Waals surface area contributed by atoms with Gasteiger partial charge in [0.25, 0.3) is 0 Å². The summed E-state index contributed by atoms with van der Waals surface area (Å²) < 4.78 is 39.5. The molecule has 0 aliphatic heterocycles. The van der Waals surface area contributed by atoms with E-state index in [1.165, 1.54) is 18.4 Å². The molecule has 0 bridgehead atoms. The van der Waals surface area contributed by atoms with Crippen LogP contribution in [0.5, 0.6) is 0 Å². The Kier molecular flexibility index (Phi) is 4.33. The third-order valence-corrected chi connectivity index (χ3v) is 2.63. The van der Waals surface area contributed by atoms with Gasteiger partial charge in [-0.05, 0) is 6.92 Å². The third-order valence-electron chi connectivity index (χ3n) is 1.73. The minimum Gasteiger partial charge on any atom is -0.440 e. The Hall–Kier alpha value is -1.31. The first-order valence-electron chi connectivity index (χ1n) is 4.64. The molecule has 8 heteroatoms. The summed E-state index contributed by atoms with van der Waals surface area (Å²) in [5, 5.41) is 0.831. The van der Waals surface area contributed by atoms with Gasteiger partial charge in [0.15, 0.2) is 6.61 Å². The van der Waals surface area contributed by atoms with Crippen molar-refractivity contribution in [1.29, 1.82) is 0 Å². The van der Waals surface area contributed by atoms with Crippen LogP contribution >= 0.6 is 11.3 Å². The third kappa shape index (κ3) is 5.03. The lowest BCUT2D eigenvalue weighted by Gasteiger charge is -2.16. The van der Waals surface area contributed by atoms with E-state index in [0.717, 1.165) is 14.8 Å². The van der Waals surface area contributed by atoms with Crippen LogP contribution in [-0.4, -0.2) is 35.8 Å². The molecule has 0 aromatic carbocycles. The molecule has 0 aliphatic carbocycles. The smallest absolute Gasteiger partial charge is 0.422 e. The summed E-state index contributed by atoms with van der Waals surface area (Å²) in [6.45, 7) is 0.413. The zero-order valence-corrected chi connectivity index (χ0v) is 10.1. The number of thiazole rings is 1. The molecule has 0 aliphatic rings. The molecule has 0 saturated carbocycles. The SMILES string of the molecule is Cc1ncc(CN(C)C(=O)OCC(F)(F)F)s1. The molecule has 17 heavy (non-hydrogen) atoms. The van der Waals surface area contributed by atoms with Crippen molar-refractivity contribution in [2.45, 2.75) is 19.6 Å². The van der Waals surface area contributed by atoms with Gasteiger partial charge in [0.05, 0.1) is 11.6 Å². The molecule has 0 spiro atoms. The number of amides is 1. The summed E-state index contributed by atoms with van der Waals surface area (Å²) in [5.41, 5.74) is 0. The van der Waals surface area contributed by atoms with Crippen molar-refractivity contribution in [2.24, 2.45) is 0 Å².